The summed E-state index contributed by atoms with van der Waals surface area (Å²) in [5, 5.41) is 9.84. The van der Waals surface area contributed by atoms with Gasteiger partial charge in [-0.15, -0.1) is 0 Å². The molecule has 0 saturated carbocycles. The first-order valence-electron chi connectivity index (χ1n) is 7.01. The van der Waals surface area contributed by atoms with Crippen LogP contribution in [0.4, 0.5) is 0 Å². The first kappa shape index (κ1) is 17.3. The Balaban J connectivity index is 1.81. The number of hydrogen-bond donors (Lipinski definition) is 2. The summed E-state index contributed by atoms with van der Waals surface area (Å²) in [6, 6.07) is 14.9. The minimum Gasteiger partial charge on any atom is -0.497 e. The predicted molar refractivity (Wildman–Crippen MR) is 86.1 cm³/mol. The van der Waals surface area contributed by atoms with E-state index in [0.717, 1.165) is 0 Å². The molecule has 0 amide bonds. The van der Waals surface area contributed by atoms with Crippen molar-refractivity contribution in [1.82, 2.24) is 4.72 Å². The molecule has 0 aliphatic rings. The molecule has 124 valence electrons. The van der Waals surface area contributed by atoms with Gasteiger partial charge in [-0.3, -0.25) is 0 Å². The van der Waals surface area contributed by atoms with Crippen molar-refractivity contribution in [3.8, 4) is 11.5 Å². The van der Waals surface area contributed by atoms with Crippen LogP contribution >= 0.6 is 0 Å². The summed E-state index contributed by atoms with van der Waals surface area (Å²) >= 11 is 0. The molecule has 23 heavy (non-hydrogen) atoms. The Morgan fingerprint density at radius 3 is 2.26 bits per heavy atom. The van der Waals surface area contributed by atoms with E-state index < -0.39 is 16.1 Å². The summed E-state index contributed by atoms with van der Waals surface area (Å²) in [5.74, 6) is 1.27. The minimum absolute atomic E-state index is 0.0242. The van der Waals surface area contributed by atoms with Crippen LogP contribution in [-0.4, -0.2) is 39.9 Å². The number of ether oxygens (including phenoxy) is 2. The number of aliphatic hydroxyl groups is 1. The Kier molecular flexibility index (Phi) is 5.97. The van der Waals surface area contributed by atoms with Crippen LogP contribution in [0.15, 0.2) is 59.5 Å². The molecule has 1 unspecified atom stereocenters. The number of nitrogens with one attached hydrogen (secondary N) is 1. The molecular weight excluding hydrogens is 318 g/mol. The molecule has 7 heteroatoms. The highest BCUT2D eigenvalue weighted by molar-refractivity contribution is 7.89. The fourth-order valence-electron chi connectivity index (χ4n) is 1.81. The fourth-order valence-corrected chi connectivity index (χ4v) is 2.91. The van der Waals surface area contributed by atoms with Crippen LogP contribution in [0.2, 0.25) is 0 Å². The van der Waals surface area contributed by atoms with E-state index >= 15 is 0 Å². The van der Waals surface area contributed by atoms with Crippen LogP contribution in [0.25, 0.3) is 0 Å². The molecule has 2 N–H and O–H groups in total. The van der Waals surface area contributed by atoms with Crippen molar-refractivity contribution in [2.75, 3.05) is 20.3 Å². The first-order chi connectivity index (χ1) is 11.0. The standard InChI is InChI=1S/C16H19NO5S/c1-21-14-7-9-15(10-8-14)22-12-13(18)11-17-23(19,20)16-5-3-2-4-6-16/h2-10,13,17-18H,11-12H2,1H3. The lowest BCUT2D eigenvalue weighted by Gasteiger charge is -2.14. The van der Waals surface area contributed by atoms with E-state index in [1.165, 1.54) is 12.1 Å². The quantitative estimate of drug-likeness (QED) is 0.761. The summed E-state index contributed by atoms with van der Waals surface area (Å²) in [6.07, 6.45) is -0.962. The van der Waals surface area contributed by atoms with E-state index in [2.05, 4.69) is 4.72 Å². The molecule has 0 aromatic heterocycles. The van der Waals surface area contributed by atoms with Gasteiger partial charge in [0.15, 0.2) is 0 Å². The molecule has 0 heterocycles. The van der Waals surface area contributed by atoms with E-state index in [4.69, 9.17) is 9.47 Å². The Labute approximate surface area is 135 Å². The number of methoxy groups -OCH3 is 1. The van der Waals surface area contributed by atoms with E-state index in [-0.39, 0.29) is 18.0 Å². The Morgan fingerprint density at radius 1 is 1.04 bits per heavy atom. The normalized spacial score (nSPS) is 12.6. The summed E-state index contributed by atoms with van der Waals surface area (Å²) in [7, 11) is -2.06. The van der Waals surface area contributed by atoms with Crippen LogP contribution in [-0.2, 0) is 10.0 Å². The van der Waals surface area contributed by atoms with E-state index in [1.54, 1.807) is 49.6 Å². The van der Waals surface area contributed by atoms with Crippen molar-refractivity contribution in [3.63, 3.8) is 0 Å². The highest BCUT2D eigenvalue weighted by Crippen LogP contribution is 2.17. The summed E-state index contributed by atoms with van der Waals surface area (Å²) in [6.45, 7) is -0.156. The summed E-state index contributed by atoms with van der Waals surface area (Å²) in [4.78, 5) is 0.156. The SMILES string of the molecule is COc1ccc(OCC(O)CNS(=O)(=O)c2ccccc2)cc1. The Hall–Kier alpha value is -2.09. The molecule has 0 bridgehead atoms. The van der Waals surface area contributed by atoms with Gasteiger partial charge in [0.1, 0.15) is 24.2 Å². The van der Waals surface area contributed by atoms with Crippen LogP contribution in [0.3, 0.4) is 0 Å². The van der Waals surface area contributed by atoms with Gasteiger partial charge in [-0.05, 0) is 36.4 Å². The minimum atomic E-state index is -3.63. The lowest BCUT2D eigenvalue weighted by atomic mass is 10.3. The van der Waals surface area contributed by atoms with Gasteiger partial charge in [0, 0.05) is 6.54 Å². The molecule has 0 radical (unpaired) electrons. The van der Waals surface area contributed by atoms with Crippen LogP contribution in [0, 0.1) is 0 Å². The maximum absolute atomic E-state index is 12.0. The summed E-state index contributed by atoms with van der Waals surface area (Å²) < 4.78 is 36.8. The molecule has 0 aliphatic heterocycles. The Bertz CT molecular complexity index is 701. The van der Waals surface area contributed by atoms with Gasteiger partial charge in [-0.2, -0.15) is 0 Å². The maximum Gasteiger partial charge on any atom is 0.240 e. The molecule has 2 aromatic rings. The van der Waals surface area contributed by atoms with E-state index in [1.807, 2.05) is 0 Å². The monoisotopic (exact) mass is 337 g/mol. The average molecular weight is 337 g/mol. The largest absolute Gasteiger partial charge is 0.497 e. The second kappa shape index (κ2) is 7.96. The second-order valence-electron chi connectivity index (χ2n) is 4.81. The summed E-state index contributed by atoms with van der Waals surface area (Å²) in [5.41, 5.74) is 0. The molecule has 0 spiro atoms. The van der Waals surface area contributed by atoms with Gasteiger partial charge in [0.2, 0.25) is 10.0 Å². The van der Waals surface area contributed by atoms with Gasteiger partial charge in [0.05, 0.1) is 12.0 Å². The number of sulfonamides is 1. The maximum atomic E-state index is 12.0. The molecule has 0 fully saturated rings. The third kappa shape index (κ3) is 5.24. The molecule has 6 nitrogen and oxygen atoms in total. The first-order valence-corrected chi connectivity index (χ1v) is 8.49. The number of rotatable bonds is 8. The zero-order chi connectivity index (χ0) is 16.7. The topological polar surface area (TPSA) is 84.9 Å². The number of aliphatic hydroxyl groups excluding tert-OH is 1. The molecule has 1 atom stereocenters. The predicted octanol–water partition coefficient (Wildman–Crippen LogP) is 1.41. The van der Waals surface area contributed by atoms with Crippen molar-refractivity contribution in [2.24, 2.45) is 0 Å². The van der Waals surface area contributed by atoms with E-state index in [9.17, 15) is 13.5 Å². The average Bonchev–Trinajstić information content (AvgIpc) is 2.59. The van der Waals surface area contributed by atoms with Crippen LogP contribution in [0.5, 0.6) is 11.5 Å². The van der Waals surface area contributed by atoms with Gasteiger partial charge in [-0.1, -0.05) is 18.2 Å². The molecule has 2 aromatic carbocycles. The zero-order valence-corrected chi connectivity index (χ0v) is 13.5. The zero-order valence-electron chi connectivity index (χ0n) is 12.7. The number of hydrogen-bond acceptors (Lipinski definition) is 5. The van der Waals surface area contributed by atoms with Crippen molar-refractivity contribution in [1.29, 1.82) is 0 Å². The third-order valence-corrected chi connectivity index (χ3v) is 4.50. The van der Waals surface area contributed by atoms with Crippen molar-refractivity contribution in [3.05, 3.63) is 54.6 Å². The van der Waals surface area contributed by atoms with Crippen LogP contribution in [0.1, 0.15) is 0 Å². The molecule has 0 saturated heterocycles. The van der Waals surface area contributed by atoms with Crippen LogP contribution < -0.4 is 14.2 Å². The highest BCUT2D eigenvalue weighted by Gasteiger charge is 2.15. The van der Waals surface area contributed by atoms with Crippen molar-refractivity contribution < 1.29 is 23.0 Å². The molecule has 0 aliphatic carbocycles. The van der Waals surface area contributed by atoms with Gasteiger partial charge >= 0.3 is 0 Å². The van der Waals surface area contributed by atoms with E-state index in [0.29, 0.717) is 11.5 Å². The molecular formula is C16H19NO5S. The fraction of sp³-hybridized carbons (Fsp3) is 0.250. The van der Waals surface area contributed by atoms with Crippen molar-refractivity contribution in [2.45, 2.75) is 11.0 Å². The van der Waals surface area contributed by atoms with Gasteiger partial charge < -0.3 is 14.6 Å². The Morgan fingerprint density at radius 2 is 1.65 bits per heavy atom. The van der Waals surface area contributed by atoms with Gasteiger partial charge in [0.25, 0.3) is 0 Å². The van der Waals surface area contributed by atoms with Gasteiger partial charge in [-0.25, -0.2) is 13.1 Å². The van der Waals surface area contributed by atoms with Crippen molar-refractivity contribution >= 4 is 10.0 Å². The smallest absolute Gasteiger partial charge is 0.240 e. The lowest BCUT2D eigenvalue weighted by Crippen LogP contribution is -2.35. The lowest BCUT2D eigenvalue weighted by molar-refractivity contribution is 0.111. The third-order valence-electron chi connectivity index (χ3n) is 3.06. The molecule has 2 rings (SSSR count). The number of benzene rings is 2. The second-order valence-corrected chi connectivity index (χ2v) is 6.57. The highest BCUT2D eigenvalue weighted by atomic mass is 32.2.